The molecule has 0 radical (unpaired) electrons. The molecule has 2 amide bonds. The van der Waals surface area contributed by atoms with Crippen LogP contribution in [0.3, 0.4) is 0 Å². The summed E-state index contributed by atoms with van der Waals surface area (Å²) < 4.78 is 11.4. The monoisotopic (exact) mass is 502 g/mol. The first kappa shape index (κ1) is 28.5. The lowest BCUT2D eigenvalue weighted by molar-refractivity contribution is -0.141. The molecule has 0 fully saturated rings. The van der Waals surface area contributed by atoms with Gasteiger partial charge in [0, 0.05) is 24.0 Å². The van der Waals surface area contributed by atoms with E-state index in [2.05, 4.69) is 5.32 Å². The fraction of sp³-hybridized carbons (Fsp3) is 0.500. The first-order chi connectivity index (χ1) is 16.8. The summed E-state index contributed by atoms with van der Waals surface area (Å²) in [6.07, 6.45) is 2.17. The second kappa shape index (κ2) is 14.6. The van der Waals surface area contributed by atoms with Crippen molar-refractivity contribution in [2.24, 2.45) is 0 Å². The second-order valence-corrected chi connectivity index (χ2v) is 8.97. The molecule has 0 aliphatic heterocycles. The summed E-state index contributed by atoms with van der Waals surface area (Å²) in [4.78, 5) is 28.3. The summed E-state index contributed by atoms with van der Waals surface area (Å²) >= 11 is 6.04. The molecule has 1 N–H and O–H groups in total. The maximum atomic E-state index is 13.5. The summed E-state index contributed by atoms with van der Waals surface area (Å²) in [5.74, 6) is 1.18. The van der Waals surface area contributed by atoms with Crippen molar-refractivity contribution in [3.05, 3.63) is 58.6 Å². The van der Waals surface area contributed by atoms with Crippen LogP contribution in [0.4, 0.5) is 0 Å². The molecule has 0 aliphatic carbocycles. The van der Waals surface area contributed by atoms with Crippen molar-refractivity contribution in [1.82, 2.24) is 10.2 Å². The minimum atomic E-state index is -0.550. The quantitative estimate of drug-likeness (QED) is 0.355. The zero-order valence-electron chi connectivity index (χ0n) is 21.6. The van der Waals surface area contributed by atoms with E-state index in [4.69, 9.17) is 21.1 Å². The van der Waals surface area contributed by atoms with Gasteiger partial charge in [-0.2, -0.15) is 0 Å². The Hall–Kier alpha value is -2.73. The Morgan fingerprint density at radius 1 is 0.914 bits per heavy atom. The molecular formula is C28H39ClN2O4. The molecule has 7 heteroatoms. The minimum absolute atomic E-state index is 0.0462. The molecule has 0 saturated heterocycles. The fourth-order valence-corrected chi connectivity index (χ4v) is 3.92. The van der Waals surface area contributed by atoms with Crippen LogP contribution in [-0.2, 0) is 22.6 Å². The lowest BCUT2D eigenvalue weighted by Gasteiger charge is -2.31. The summed E-state index contributed by atoms with van der Waals surface area (Å²) in [5, 5.41) is 3.67. The van der Waals surface area contributed by atoms with Crippen LogP contribution in [0.1, 0.15) is 65.0 Å². The Morgan fingerprint density at radius 3 is 2.14 bits per heavy atom. The molecule has 2 atom stereocenters. The number of rotatable bonds is 14. The van der Waals surface area contributed by atoms with Gasteiger partial charge in [-0.3, -0.25) is 9.59 Å². The summed E-state index contributed by atoms with van der Waals surface area (Å²) in [7, 11) is 0. The molecule has 0 unspecified atom stereocenters. The SMILES string of the molecule is CCOc1ccc(CCC(=O)N(Cc2ccc(Cl)cc2)[C@H](CC)C(=O)N[C@H](C)CC)cc1OCC. The van der Waals surface area contributed by atoms with Gasteiger partial charge in [0.05, 0.1) is 13.2 Å². The molecule has 2 aromatic rings. The number of ether oxygens (including phenoxy) is 2. The minimum Gasteiger partial charge on any atom is -0.490 e. The van der Waals surface area contributed by atoms with E-state index in [0.29, 0.717) is 49.1 Å². The van der Waals surface area contributed by atoms with E-state index in [-0.39, 0.29) is 24.3 Å². The van der Waals surface area contributed by atoms with Crippen molar-refractivity contribution in [2.75, 3.05) is 13.2 Å². The Bertz CT molecular complexity index is 948. The van der Waals surface area contributed by atoms with Gasteiger partial charge in [0.15, 0.2) is 11.5 Å². The largest absolute Gasteiger partial charge is 0.490 e. The predicted octanol–water partition coefficient (Wildman–Crippen LogP) is 5.79. The number of nitrogens with one attached hydrogen (secondary N) is 1. The maximum absolute atomic E-state index is 13.5. The summed E-state index contributed by atoms with van der Waals surface area (Å²) in [6.45, 7) is 11.2. The average molecular weight is 503 g/mol. The Kier molecular flexibility index (Phi) is 11.9. The van der Waals surface area contributed by atoms with Crippen molar-refractivity contribution in [3.8, 4) is 11.5 Å². The number of nitrogens with zero attached hydrogens (tertiary/aromatic N) is 1. The molecule has 192 valence electrons. The van der Waals surface area contributed by atoms with E-state index in [0.717, 1.165) is 17.5 Å². The molecule has 6 nitrogen and oxygen atoms in total. The van der Waals surface area contributed by atoms with E-state index in [1.165, 1.54) is 0 Å². The number of hydrogen-bond acceptors (Lipinski definition) is 4. The summed E-state index contributed by atoms with van der Waals surface area (Å²) in [6, 6.07) is 12.6. The molecule has 35 heavy (non-hydrogen) atoms. The molecule has 0 aliphatic rings. The van der Waals surface area contributed by atoms with Crippen LogP contribution in [0.25, 0.3) is 0 Å². The molecule has 2 aromatic carbocycles. The maximum Gasteiger partial charge on any atom is 0.243 e. The Balaban J connectivity index is 2.23. The predicted molar refractivity (Wildman–Crippen MR) is 141 cm³/mol. The van der Waals surface area contributed by atoms with Crippen LogP contribution in [0.5, 0.6) is 11.5 Å². The smallest absolute Gasteiger partial charge is 0.243 e. The molecule has 0 saturated carbocycles. The van der Waals surface area contributed by atoms with Gasteiger partial charge >= 0.3 is 0 Å². The van der Waals surface area contributed by atoms with Crippen molar-refractivity contribution < 1.29 is 19.1 Å². The lowest BCUT2D eigenvalue weighted by atomic mass is 10.1. The van der Waals surface area contributed by atoms with Gasteiger partial charge in [0.25, 0.3) is 0 Å². The molecular weight excluding hydrogens is 464 g/mol. The topological polar surface area (TPSA) is 67.9 Å². The van der Waals surface area contributed by atoms with Crippen LogP contribution in [0, 0.1) is 0 Å². The van der Waals surface area contributed by atoms with Crippen molar-refractivity contribution in [1.29, 1.82) is 0 Å². The number of amides is 2. The van der Waals surface area contributed by atoms with Gasteiger partial charge in [-0.1, -0.05) is 43.6 Å². The van der Waals surface area contributed by atoms with Crippen molar-refractivity contribution in [3.63, 3.8) is 0 Å². The zero-order valence-corrected chi connectivity index (χ0v) is 22.4. The average Bonchev–Trinajstić information content (AvgIpc) is 2.85. The highest BCUT2D eigenvalue weighted by Crippen LogP contribution is 2.29. The molecule has 2 rings (SSSR count). The van der Waals surface area contributed by atoms with Crippen LogP contribution in [0.2, 0.25) is 5.02 Å². The molecule has 0 spiro atoms. The normalized spacial score (nSPS) is 12.5. The van der Waals surface area contributed by atoms with E-state index < -0.39 is 6.04 Å². The third-order valence-corrected chi connectivity index (χ3v) is 6.14. The van der Waals surface area contributed by atoms with Gasteiger partial charge in [-0.25, -0.2) is 0 Å². The number of hydrogen-bond donors (Lipinski definition) is 1. The highest BCUT2D eigenvalue weighted by atomic mass is 35.5. The van der Waals surface area contributed by atoms with E-state index >= 15 is 0 Å². The highest BCUT2D eigenvalue weighted by Gasteiger charge is 2.29. The second-order valence-electron chi connectivity index (χ2n) is 8.54. The third-order valence-electron chi connectivity index (χ3n) is 5.89. The van der Waals surface area contributed by atoms with E-state index in [1.807, 2.05) is 65.0 Å². The molecule has 0 heterocycles. The first-order valence-electron chi connectivity index (χ1n) is 12.6. The zero-order chi connectivity index (χ0) is 25.8. The van der Waals surface area contributed by atoms with Gasteiger partial charge in [-0.05, 0) is 75.4 Å². The molecule has 0 bridgehead atoms. The fourth-order valence-electron chi connectivity index (χ4n) is 3.79. The van der Waals surface area contributed by atoms with Gasteiger partial charge in [0.1, 0.15) is 6.04 Å². The Labute approximate surface area is 214 Å². The number of carbonyl (C=O) groups is 2. The highest BCUT2D eigenvalue weighted by molar-refractivity contribution is 6.30. The number of benzene rings is 2. The van der Waals surface area contributed by atoms with Crippen LogP contribution >= 0.6 is 11.6 Å². The summed E-state index contributed by atoms with van der Waals surface area (Å²) in [5.41, 5.74) is 1.91. The lowest BCUT2D eigenvalue weighted by Crippen LogP contribution is -2.50. The van der Waals surface area contributed by atoms with Crippen molar-refractivity contribution >= 4 is 23.4 Å². The number of halogens is 1. The Morgan fingerprint density at radius 2 is 1.54 bits per heavy atom. The van der Waals surface area contributed by atoms with Crippen LogP contribution in [-0.4, -0.2) is 42.0 Å². The van der Waals surface area contributed by atoms with Crippen LogP contribution < -0.4 is 14.8 Å². The van der Waals surface area contributed by atoms with Gasteiger partial charge in [-0.15, -0.1) is 0 Å². The standard InChI is InChI=1S/C28H39ClN2O4/c1-6-20(5)30-28(33)24(7-2)31(19-22-10-14-23(29)15-11-22)27(32)17-13-21-12-16-25(34-8-3)26(18-21)35-9-4/h10-12,14-16,18,20,24H,6-9,13,17,19H2,1-5H3,(H,30,33)/t20-,24-/m1/s1. The van der Waals surface area contributed by atoms with E-state index in [1.54, 1.807) is 17.0 Å². The van der Waals surface area contributed by atoms with E-state index in [9.17, 15) is 9.59 Å². The first-order valence-corrected chi connectivity index (χ1v) is 12.9. The number of aryl methyl sites for hydroxylation is 1. The number of carbonyl (C=O) groups excluding carboxylic acids is 2. The van der Waals surface area contributed by atoms with Gasteiger partial charge in [0.2, 0.25) is 11.8 Å². The van der Waals surface area contributed by atoms with Crippen LogP contribution in [0.15, 0.2) is 42.5 Å². The third kappa shape index (κ3) is 8.77. The van der Waals surface area contributed by atoms with Gasteiger partial charge < -0.3 is 19.7 Å². The van der Waals surface area contributed by atoms with Crippen molar-refractivity contribution in [2.45, 2.75) is 78.9 Å². The molecule has 0 aromatic heterocycles.